The van der Waals surface area contributed by atoms with Gasteiger partial charge in [-0.25, -0.2) is 0 Å². The van der Waals surface area contributed by atoms with Crippen LogP contribution >= 0.6 is 0 Å². The number of rotatable bonds is 6. The molecule has 0 saturated heterocycles. The fourth-order valence-electron chi connectivity index (χ4n) is 1.49. The van der Waals surface area contributed by atoms with E-state index in [1.54, 1.807) is 14.2 Å². The fourth-order valence-corrected chi connectivity index (χ4v) is 1.49. The molecule has 0 aliphatic carbocycles. The maximum atomic E-state index is 6.05. The molecule has 15 heavy (non-hydrogen) atoms. The van der Waals surface area contributed by atoms with Crippen molar-refractivity contribution in [1.82, 2.24) is 0 Å². The lowest BCUT2D eigenvalue weighted by molar-refractivity contribution is 0.190. The molecule has 1 aromatic carbocycles. The number of hydrogen-bond donors (Lipinski definition) is 1. The summed E-state index contributed by atoms with van der Waals surface area (Å²) in [5.41, 5.74) is 7.16. The second-order valence-electron chi connectivity index (χ2n) is 3.52. The van der Waals surface area contributed by atoms with Crippen molar-refractivity contribution >= 4 is 0 Å². The Kier molecular flexibility index (Phi) is 5.15. The highest BCUT2D eigenvalue weighted by atomic mass is 16.5. The Balaban J connectivity index is 2.52. The Morgan fingerprint density at radius 3 is 2.80 bits per heavy atom. The Bertz CT molecular complexity index is 289. The van der Waals surface area contributed by atoms with Crippen LogP contribution in [0.4, 0.5) is 0 Å². The van der Waals surface area contributed by atoms with Crippen LogP contribution in [0.3, 0.4) is 0 Å². The van der Waals surface area contributed by atoms with E-state index in [4.69, 9.17) is 15.2 Å². The minimum atomic E-state index is 0.0650. The lowest BCUT2D eigenvalue weighted by Gasteiger charge is -2.12. The van der Waals surface area contributed by atoms with Crippen LogP contribution in [0.1, 0.15) is 24.4 Å². The van der Waals surface area contributed by atoms with E-state index < -0.39 is 0 Å². The van der Waals surface area contributed by atoms with Crippen molar-refractivity contribution < 1.29 is 9.47 Å². The normalized spacial score (nSPS) is 12.5. The Labute approximate surface area is 91.2 Å². The first-order chi connectivity index (χ1) is 7.27. The molecule has 1 atom stereocenters. The van der Waals surface area contributed by atoms with Crippen molar-refractivity contribution in [3.63, 3.8) is 0 Å². The topological polar surface area (TPSA) is 44.5 Å². The predicted molar refractivity (Wildman–Crippen MR) is 61.0 cm³/mol. The molecule has 1 rings (SSSR count). The first kappa shape index (κ1) is 12.0. The molecule has 0 spiro atoms. The van der Waals surface area contributed by atoms with Gasteiger partial charge in [-0.1, -0.05) is 12.1 Å². The molecular formula is C12H19NO2. The molecule has 0 bridgehead atoms. The second-order valence-corrected chi connectivity index (χ2v) is 3.52. The number of hydrogen-bond acceptors (Lipinski definition) is 3. The quantitative estimate of drug-likeness (QED) is 0.730. The van der Waals surface area contributed by atoms with Gasteiger partial charge in [0.25, 0.3) is 0 Å². The molecule has 0 aliphatic rings. The standard InChI is InChI=1S/C12H19NO2/c1-14-8-4-7-12(13)10-5-3-6-11(9-10)15-2/h3,5-6,9,12H,4,7-8,13H2,1-2H3. The van der Waals surface area contributed by atoms with Gasteiger partial charge in [0.1, 0.15) is 5.75 Å². The van der Waals surface area contributed by atoms with E-state index in [2.05, 4.69) is 0 Å². The third kappa shape index (κ3) is 3.90. The van der Waals surface area contributed by atoms with Gasteiger partial charge >= 0.3 is 0 Å². The molecule has 0 aliphatic heterocycles. The third-order valence-electron chi connectivity index (χ3n) is 2.39. The van der Waals surface area contributed by atoms with E-state index in [0.717, 1.165) is 30.8 Å². The van der Waals surface area contributed by atoms with Crippen LogP contribution in [-0.2, 0) is 4.74 Å². The summed E-state index contributed by atoms with van der Waals surface area (Å²) in [5.74, 6) is 0.856. The van der Waals surface area contributed by atoms with Gasteiger partial charge < -0.3 is 15.2 Å². The zero-order valence-electron chi connectivity index (χ0n) is 9.40. The maximum Gasteiger partial charge on any atom is 0.119 e. The minimum absolute atomic E-state index is 0.0650. The van der Waals surface area contributed by atoms with Gasteiger partial charge in [0, 0.05) is 19.8 Å². The van der Waals surface area contributed by atoms with Crippen LogP contribution in [0.25, 0.3) is 0 Å². The van der Waals surface area contributed by atoms with Crippen molar-refractivity contribution in [2.75, 3.05) is 20.8 Å². The van der Waals surface area contributed by atoms with E-state index in [-0.39, 0.29) is 6.04 Å². The van der Waals surface area contributed by atoms with Crippen molar-refractivity contribution in [1.29, 1.82) is 0 Å². The Morgan fingerprint density at radius 2 is 2.13 bits per heavy atom. The van der Waals surface area contributed by atoms with Gasteiger partial charge in [-0.05, 0) is 30.5 Å². The largest absolute Gasteiger partial charge is 0.497 e. The fraction of sp³-hybridized carbons (Fsp3) is 0.500. The van der Waals surface area contributed by atoms with Gasteiger partial charge in [-0.2, -0.15) is 0 Å². The number of ether oxygens (including phenoxy) is 2. The van der Waals surface area contributed by atoms with Crippen molar-refractivity contribution in [2.45, 2.75) is 18.9 Å². The summed E-state index contributed by atoms with van der Waals surface area (Å²) in [6.07, 6.45) is 1.91. The van der Waals surface area contributed by atoms with Gasteiger partial charge in [0.2, 0.25) is 0 Å². The van der Waals surface area contributed by atoms with Crippen LogP contribution in [0.15, 0.2) is 24.3 Å². The number of methoxy groups -OCH3 is 2. The molecule has 0 aromatic heterocycles. The van der Waals surface area contributed by atoms with Gasteiger partial charge in [-0.15, -0.1) is 0 Å². The molecule has 0 fully saturated rings. The Hall–Kier alpha value is -1.06. The molecule has 0 radical (unpaired) electrons. The van der Waals surface area contributed by atoms with E-state index >= 15 is 0 Å². The zero-order chi connectivity index (χ0) is 11.1. The first-order valence-electron chi connectivity index (χ1n) is 5.16. The molecule has 0 amide bonds. The summed E-state index contributed by atoms with van der Waals surface area (Å²) in [6, 6.07) is 7.96. The van der Waals surface area contributed by atoms with Crippen LogP contribution < -0.4 is 10.5 Å². The van der Waals surface area contributed by atoms with Crippen LogP contribution in [0.5, 0.6) is 5.75 Å². The summed E-state index contributed by atoms with van der Waals surface area (Å²) in [6.45, 7) is 0.762. The molecule has 3 nitrogen and oxygen atoms in total. The monoisotopic (exact) mass is 209 g/mol. The summed E-state index contributed by atoms with van der Waals surface area (Å²) in [5, 5.41) is 0. The van der Waals surface area contributed by atoms with E-state index in [9.17, 15) is 0 Å². The highest BCUT2D eigenvalue weighted by Gasteiger charge is 2.06. The smallest absolute Gasteiger partial charge is 0.119 e. The van der Waals surface area contributed by atoms with Crippen LogP contribution in [-0.4, -0.2) is 20.8 Å². The molecule has 1 aromatic rings. The predicted octanol–water partition coefficient (Wildman–Crippen LogP) is 2.12. The summed E-state index contributed by atoms with van der Waals surface area (Å²) >= 11 is 0. The summed E-state index contributed by atoms with van der Waals surface area (Å²) in [7, 11) is 3.37. The van der Waals surface area contributed by atoms with Gasteiger partial charge in [0.15, 0.2) is 0 Å². The zero-order valence-corrected chi connectivity index (χ0v) is 9.40. The third-order valence-corrected chi connectivity index (χ3v) is 2.39. The highest BCUT2D eigenvalue weighted by Crippen LogP contribution is 2.20. The van der Waals surface area contributed by atoms with Gasteiger partial charge in [0.05, 0.1) is 7.11 Å². The van der Waals surface area contributed by atoms with Crippen molar-refractivity contribution in [3.8, 4) is 5.75 Å². The second kappa shape index (κ2) is 6.43. The van der Waals surface area contributed by atoms with Crippen LogP contribution in [0, 0.1) is 0 Å². The molecule has 1 unspecified atom stereocenters. The molecular weight excluding hydrogens is 190 g/mol. The van der Waals surface area contributed by atoms with Crippen LogP contribution in [0.2, 0.25) is 0 Å². The lowest BCUT2D eigenvalue weighted by Crippen LogP contribution is -2.11. The lowest BCUT2D eigenvalue weighted by atomic mass is 10.0. The first-order valence-corrected chi connectivity index (χ1v) is 5.16. The summed E-state index contributed by atoms with van der Waals surface area (Å²) in [4.78, 5) is 0. The Morgan fingerprint density at radius 1 is 1.33 bits per heavy atom. The number of nitrogens with two attached hydrogens (primary N) is 1. The molecule has 3 heteroatoms. The van der Waals surface area contributed by atoms with Crippen molar-refractivity contribution in [2.24, 2.45) is 5.73 Å². The van der Waals surface area contributed by atoms with Gasteiger partial charge in [-0.3, -0.25) is 0 Å². The van der Waals surface area contributed by atoms with E-state index in [0.29, 0.717) is 0 Å². The van der Waals surface area contributed by atoms with E-state index in [1.807, 2.05) is 24.3 Å². The molecule has 0 saturated carbocycles. The molecule has 0 heterocycles. The highest BCUT2D eigenvalue weighted by molar-refractivity contribution is 5.30. The minimum Gasteiger partial charge on any atom is -0.497 e. The van der Waals surface area contributed by atoms with E-state index in [1.165, 1.54) is 0 Å². The summed E-state index contributed by atoms with van der Waals surface area (Å²) < 4.78 is 10.1. The molecule has 84 valence electrons. The average molecular weight is 209 g/mol. The number of benzene rings is 1. The average Bonchev–Trinajstić information content (AvgIpc) is 2.29. The SMILES string of the molecule is COCCCC(N)c1cccc(OC)c1. The molecule has 2 N–H and O–H groups in total. The maximum absolute atomic E-state index is 6.05. The van der Waals surface area contributed by atoms with Crippen molar-refractivity contribution in [3.05, 3.63) is 29.8 Å².